The van der Waals surface area contributed by atoms with Gasteiger partial charge in [-0.2, -0.15) is 0 Å². The number of hydrogen-bond acceptors (Lipinski definition) is 2. The summed E-state index contributed by atoms with van der Waals surface area (Å²) in [4.78, 5) is 0. The molecule has 0 radical (unpaired) electrons. The number of benzene rings is 2. The van der Waals surface area contributed by atoms with E-state index >= 15 is 0 Å². The van der Waals surface area contributed by atoms with Gasteiger partial charge in [-0.05, 0) is 36.8 Å². The standard InChI is InChI=1S/C15H15ClFNO/c1-10(18)15-13(17)6-3-7-14(15)19-9-11-4-2-5-12(16)8-11/h2-8,10H,9,18H2,1H3/t10-/m1/s1. The molecular weight excluding hydrogens is 265 g/mol. The smallest absolute Gasteiger partial charge is 0.131 e. The van der Waals surface area contributed by atoms with Crippen molar-refractivity contribution in [3.05, 3.63) is 64.4 Å². The zero-order valence-corrected chi connectivity index (χ0v) is 11.3. The van der Waals surface area contributed by atoms with Crippen LogP contribution in [-0.4, -0.2) is 0 Å². The minimum Gasteiger partial charge on any atom is -0.488 e. The summed E-state index contributed by atoms with van der Waals surface area (Å²) < 4.78 is 19.4. The molecule has 0 fully saturated rings. The van der Waals surface area contributed by atoms with Crippen LogP contribution in [0.3, 0.4) is 0 Å². The lowest BCUT2D eigenvalue weighted by Crippen LogP contribution is -2.10. The topological polar surface area (TPSA) is 35.2 Å². The van der Waals surface area contributed by atoms with Crippen LogP contribution in [0.4, 0.5) is 4.39 Å². The zero-order chi connectivity index (χ0) is 13.8. The van der Waals surface area contributed by atoms with Crippen molar-refractivity contribution in [2.24, 2.45) is 5.73 Å². The summed E-state index contributed by atoms with van der Waals surface area (Å²) in [5, 5.41) is 0.646. The molecule has 0 heterocycles. The first kappa shape index (κ1) is 13.8. The van der Waals surface area contributed by atoms with Crippen molar-refractivity contribution >= 4 is 11.6 Å². The second kappa shape index (κ2) is 6.04. The van der Waals surface area contributed by atoms with Gasteiger partial charge in [0.05, 0.1) is 0 Å². The summed E-state index contributed by atoms with van der Waals surface area (Å²) >= 11 is 5.90. The Morgan fingerprint density at radius 2 is 2.00 bits per heavy atom. The molecule has 0 aliphatic heterocycles. The summed E-state index contributed by atoms with van der Waals surface area (Å²) in [6, 6.07) is 11.6. The summed E-state index contributed by atoms with van der Waals surface area (Å²) in [5.41, 5.74) is 7.08. The monoisotopic (exact) mass is 279 g/mol. The van der Waals surface area contributed by atoms with E-state index in [1.54, 1.807) is 25.1 Å². The lowest BCUT2D eigenvalue weighted by molar-refractivity contribution is 0.299. The Morgan fingerprint density at radius 3 is 2.68 bits per heavy atom. The molecular formula is C15H15ClFNO. The van der Waals surface area contributed by atoms with E-state index in [9.17, 15) is 4.39 Å². The van der Waals surface area contributed by atoms with Gasteiger partial charge in [0.15, 0.2) is 0 Å². The van der Waals surface area contributed by atoms with Crippen LogP contribution in [-0.2, 0) is 6.61 Å². The third-order valence-electron chi connectivity index (χ3n) is 2.75. The van der Waals surface area contributed by atoms with E-state index in [2.05, 4.69) is 0 Å². The maximum absolute atomic E-state index is 13.7. The van der Waals surface area contributed by atoms with E-state index in [1.165, 1.54) is 6.07 Å². The normalized spacial score (nSPS) is 12.2. The van der Waals surface area contributed by atoms with Crippen molar-refractivity contribution in [2.45, 2.75) is 19.6 Å². The Labute approximate surface area is 117 Å². The first-order chi connectivity index (χ1) is 9.08. The average Bonchev–Trinajstić information content (AvgIpc) is 2.36. The maximum Gasteiger partial charge on any atom is 0.131 e. The van der Waals surface area contributed by atoms with Gasteiger partial charge in [0.1, 0.15) is 18.2 Å². The minimum atomic E-state index is -0.421. The molecule has 0 saturated carbocycles. The molecule has 0 aliphatic rings. The van der Waals surface area contributed by atoms with Crippen molar-refractivity contribution in [2.75, 3.05) is 0 Å². The fourth-order valence-electron chi connectivity index (χ4n) is 1.87. The van der Waals surface area contributed by atoms with Gasteiger partial charge >= 0.3 is 0 Å². The van der Waals surface area contributed by atoms with Crippen LogP contribution < -0.4 is 10.5 Å². The third kappa shape index (κ3) is 3.46. The van der Waals surface area contributed by atoms with Gasteiger partial charge in [0.2, 0.25) is 0 Å². The van der Waals surface area contributed by atoms with Crippen LogP contribution in [0.2, 0.25) is 5.02 Å². The van der Waals surface area contributed by atoms with E-state index in [0.717, 1.165) is 5.56 Å². The molecule has 0 aromatic heterocycles. The maximum atomic E-state index is 13.7. The molecule has 2 aromatic carbocycles. The van der Waals surface area contributed by atoms with Crippen LogP contribution in [0.5, 0.6) is 5.75 Å². The summed E-state index contributed by atoms with van der Waals surface area (Å²) in [7, 11) is 0. The van der Waals surface area contributed by atoms with Crippen molar-refractivity contribution in [1.29, 1.82) is 0 Å². The molecule has 4 heteroatoms. The van der Waals surface area contributed by atoms with Crippen LogP contribution in [0.1, 0.15) is 24.1 Å². The third-order valence-corrected chi connectivity index (χ3v) is 2.99. The van der Waals surface area contributed by atoms with E-state index in [0.29, 0.717) is 22.9 Å². The number of rotatable bonds is 4. The quantitative estimate of drug-likeness (QED) is 0.915. The van der Waals surface area contributed by atoms with Gasteiger partial charge in [-0.25, -0.2) is 4.39 Å². The fourth-order valence-corrected chi connectivity index (χ4v) is 2.09. The molecule has 0 aliphatic carbocycles. The van der Waals surface area contributed by atoms with Gasteiger partial charge in [0, 0.05) is 16.6 Å². The Morgan fingerprint density at radius 1 is 1.26 bits per heavy atom. The molecule has 2 aromatic rings. The molecule has 2 nitrogen and oxygen atoms in total. The molecule has 2 N–H and O–H groups in total. The highest BCUT2D eigenvalue weighted by Crippen LogP contribution is 2.27. The number of nitrogens with two attached hydrogens (primary N) is 1. The molecule has 2 rings (SSSR count). The van der Waals surface area contributed by atoms with Crippen LogP contribution >= 0.6 is 11.6 Å². The van der Waals surface area contributed by atoms with Crippen LogP contribution in [0, 0.1) is 5.82 Å². The van der Waals surface area contributed by atoms with Crippen molar-refractivity contribution < 1.29 is 9.13 Å². The van der Waals surface area contributed by atoms with Gasteiger partial charge in [-0.15, -0.1) is 0 Å². The van der Waals surface area contributed by atoms with Crippen molar-refractivity contribution in [1.82, 2.24) is 0 Å². The molecule has 0 saturated heterocycles. The fraction of sp³-hybridized carbons (Fsp3) is 0.200. The van der Waals surface area contributed by atoms with Crippen molar-refractivity contribution in [3.8, 4) is 5.75 Å². The SMILES string of the molecule is C[C@@H](N)c1c(F)cccc1OCc1cccc(Cl)c1. The van der Waals surface area contributed by atoms with Gasteiger partial charge in [-0.3, -0.25) is 0 Å². The molecule has 100 valence electrons. The number of halogens is 2. The summed E-state index contributed by atoms with van der Waals surface area (Å²) in [6.45, 7) is 2.05. The molecule has 0 amide bonds. The van der Waals surface area contributed by atoms with E-state index in [4.69, 9.17) is 22.1 Å². The van der Waals surface area contributed by atoms with E-state index < -0.39 is 6.04 Å². The number of ether oxygens (including phenoxy) is 1. The second-order valence-corrected chi connectivity index (χ2v) is 4.80. The number of hydrogen-bond donors (Lipinski definition) is 1. The van der Waals surface area contributed by atoms with Crippen LogP contribution in [0.15, 0.2) is 42.5 Å². The summed E-state index contributed by atoms with van der Waals surface area (Å²) in [6.07, 6.45) is 0. The average molecular weight is 280 g/mol. The Kier molecular flexibility index (Phi) is 4.40. The molecule has 0 spiro atoms. The lowest BCUT2D eigenvalue weighted by atomic mass is 10.1. The Hall–Kier alpha value is -1.58. The largest absolute Gasteiger partial charge is 0.488 e. The highest BCUT2D eigenvalue weighted by atomic mass is 35.5. The van der Waals surface area contributed by atoms with Gasteiger partial charge in [-0.1, -0.05) is 29.8 Å². The van der Waals surface area contributed by atoms with E-state index in [1.807, 2.05) is 18.2 Å². The first-order valence-electron chi connectivity index (χ1n) is 5.99. The predicted octanol–water partition coefficient (Wildman–Crippen LogP) is 4.08. The zero-order valence-electron chi connectivity index (χ0n) is 10.6. The summed E-state index contributed by atoms with van der Waals surface area (Å²) in [5.74, 6) is 0.119. The molecule has 0 unspecified atom stereocenters. The first-order valence-corrected chi connectivity index (χ1v) is 6.37. The Bertz CT molecular complexity index is 572. The lowest BCUT2D eigenvalue weighted by Gasteiger charge is -2.14. The molecule has 0 bridgehead atoms. The Balaban J connectivity index is 2.18. The highest BCUT2D eigenvalue weighted by molar-refractivity contribution is 6.30. The van der Waals surface area contributed by atoms with Crippen molar-refractivity contribution in [3.63, 3.8) is 0 Å². The highest BCUT2D eigenvalue weighted by Gasteiger charge is 2.13. The van der Waals surface area contributed by atoms with Gasteiger partial charge in [0.25, 0.3) is 0 Å². The second-order valence-electron chi connectivity index (χ2n) is 4.36. The van der Waals surface area contributed by atoms with Crippen LogP contribution in [0.25, 0.3) is 0 Å². The molecule has 1 atom stereocenters. The van der Waals surface area contributed by atoms with Gasteiger partial charge < -0.3 is 10.5 Å². The van der Waals surface area contributed by atoms with E-state index in [-0.39, 0.29) is 5.82 Å². The molecule has 19 heavy (non-hydrogen) atoms. The predicted molar refractivity (Wildman–Crippen MR) is 74.8 cm³/mol. The minimum absolute atomic E-state index is 0.323.